The van der Waals surface area contributed by atoms with Gasteiger partial charge >= 0.3 is 0 Å². The van der Waals surface area contributed by atoms with E-state index >= 15 is 0 Å². The van der Waals surface area contributed by atoms with E-state index in [1.807, 2.05) is 0 Å². The number of halogens is 1. The number of carbonyl (C=O) groups is 1. The van der Waals surface area contributed by atoms with Crippen LogP contribution in [-0.2, 0) is 0 Å². The van der Waals surface area contributed by atoms with Gasteiger partial charge in [0.25, 0.3) is 5.91 Å². The molecule has 0 fully saturated rings. The van der Waals surface area contributed by atoms with Gasteiger partial charge in [0.05, 0.1) is 42.2 Å². The van der Waals surface area contributed by atoms with Crippen LogP contribution in [0.2, 0.25) is 5.02 Å². The Kier molecular flexibility index (Phi) is 9.85. The van der Waals surface area contributed by atoms with Gasteiger partial charge in [-0.3, -0.25) is 14.8 Å². The van der Waals surface area contributed by atoms with Crippen molar-refractivity contribution in [2.75, 3.05) is 40.3 Å². The molecule has 0 aliphatic carbocycles. The van der Waals surface area contributed by atoms with E-state index in [1.165, 1.54) is 19.4 Å². The fraction of sp³-hybridized carbons (Fsp3) is 0.231. The lowest BCUT2D eigenvalue weighted by atomic mass is 9.98. The van der Waals surface area contributed by atoms with Crippen molar-refractivity contribution in [2.45, 2.75) is 0 Å². The number of methoxy groups -OCH3 is 1. The second-order valence-electron chi connectivity index (χ2n) is 7.95. The van der Waals surface area contributed by atoms with E-state index in [2.05, 4.69) is 27.2 Å². The molecule has 0 atom stereocenters. The van der Waals surface area contributed by atoms with E-state index in [0.717, 1.165) is 12.3 Å². The number of rotatable bonds is 12. The molecule has 4 N–H and O–H groups in total. The standard InChI is InChI=1S/C26H28ClN5O6/c1-28-8-10-32(11-9-30-15-17(33)14-29-2)26(36)24-23(16-4-6-18(37-3)7-5-16)25(38-31-24)19-12-20(27)22(35)13-21(19)34/h4-7,12-15,28,33-35H,2,8-11H2,1,3H3/b17-14+,30-15?. The van der Waals surface area contributed by atoms with Crippen LogP contribution in [-0.4, -0.2) is 84.6 Å². The van der Waals surface area contributed by atoms with Crippen LogP contribution in [0.15, 0.2) is 62.9 Å². The number of aliphatic imine (C=N–C) groups is 2. The molecule has 0 saturated carbocycles. The number of benzene rings is 2. The summed E-state index contributed by atoms with van der Waals surface area (Å²) in [6, 6.07) is 9.32. The van der Waals surface area contributed by atoms with Gasteiger partial charge in [-0.2, -0.15) is 0 Å². The average Bonchev–Trinajstić information content (AvgIpc) is 3.35. The largest absolute Gasteiger partial charge is 0.507 e. The number of amides is 1. The van der Waals surface area contributed by atoms with E-state index in [-0.39, 0.29) is 52.4 Å². The first-order valence-corrected chi connectivity index (χ1v) is 11.8. The lowest BCUT2D eigenvalue weighted by Crippen LogP contribution is -2.38. The minimum atomic E-state index is -0.437. The monoisotopic (exact) mass is 541 g/mol. The van der Waals surface area contributed by atoms with Crippen LogP contribution in [0.25, 0.3) is 22.5 Å². The maximum absolute atomic E-state index is 13.7. The van der Waals surface area contributed by atoms with E-state index in [0.29, 0.717) is 30.0 Å². The predicted molar refractivity (Wildman–Crippen MR) is 146 cm³/mol. The normalized spacial score (nSPS) is 11.6. The molecule has 2 aromatic carbocycles. The number of aliphatic hydroxyl groups is 1. The molecule has 0 aliphatic heterocycles. The number of nitrogens with zero attached hydrogens (tertiary/aromatic N) is 4. The third kappa shape index (κ3) is 6.69. The van der Waals surface area contributed by atoms with Crippen LogP contribution >= 0.6 is 11.6 Å². The van der Waals surface area contributed by atoms with Crippen LogP contribution in [0.3, 0.4) is 0 Å². The molecule has 1 amide bonds. The van der Waals surface area contributed by atoms with Crippen molar-refractivity contribution in [3.8, 4) is 39.7 Å². The summed E-state index contributed by atoms with van der Waals surface area (Å²) in [7, 11) is 3.30. The number of phenols is 2. The summed E-state index contributed by atoms with van der Waals surface area (Å²) in [5.41, 5.74) is 1.06. The Balaban J connectivity index is 2.06. The SMILES string of the molecule is C=N/C=C(/O)C=NCCN(CCNC)C(=O)c1noc(-c2cc(Cl)c(O)cc2O)c1-c1ccc(OC)cc1. The fourth-order valence-electron chi connectivity index (χ4n) is 3.55. The highest BCUT2D eigenvalue weighted by atomic mass is 35.5. The topological polar surface area (TPSA) is 153 Å². The lowest BCUT2D eigenvalue weighted by molar-refractivity contribution is 0.0753. The Hall–Kier alpha value is -4.35. The molecule has 200 valence electrons. The number of likely N-dealkylation sites (N-methyl/N-ethyl adjacent to an activating group) is 1. The quantitative estimate of drug-likeness (QED) is 0.199. The summed E-state index contributed by atoms with van der Waals surface area (Å²) in [6.45, 7) is 4.51. The van der Waals surface area contributed by atoms with Crippen molar-refractivity contribution in [2.24, 2.45) is 9.98 Å². The number of hydrogen-bond donors (Lipinski definition) is 4. The molecule has 12 heteroatoms. The molecule has 1 aromatic heterocycles. The van der Waals surface area contributed by atoms with Gasteiger partial charge in [-0.1, -0.05) is 28.9 Å². The van der Waals surface area contributed by atoms with Gasteiger partial charge < -0.3 is 34.8 Å². The third-order valence-electron chi connectivity index (χ3n) is 5.45. The summed E-state index contributed by atoms with van der Waals surface area (Å²) in [5, 5.41) is 37.1. The second kappa shape index (κ2) is 13.3. The van der Waals surface area contributed by atoms with Crippen molar-refractivity contribution in [1.82, 2.24) is 15.4 Å². The van der Waals surface area contributed by atoms with Crippen molar-refractivity contribution < 1.29 is 29.4 Å². The Morgan fingerprint density at radius 1 is 1.24 bits per heavy atom. The molecule has 0 bridgehead atoms. The predicted octanol–water partition coefficient (Wildman–Crippen LogP) is 3.91. The number of aliphatic hydroxyl groups excluding tert-OH is 1. The molecule has 0 saturated heterocycles. The first-order chi connectivity index (χ1) is 18.3. The minimum absolute atomic E-state index is 0.00690. The van der Waals surface area contributed by atoms with Crippen LogP contribution in [0.4, 0.5) is 0 Å². The van der Waals surface area contributed by atoms with E-state index in [9.17, 15) is 20.1 Å². The minimum Gasteiger partial charge on any atom is -0.507 e. The Labute approximate surface area is 224 Å². The number of aromatic hydroxyl groups is 2. The number of nitrogens with one attached hydrogen (secondary N) is 1. The Morgan fingerprint density at radius 3 is 2.63 bits per heavy atom. The molecule has 3 rings (SSSR count). The summed E-state index contributed by atoms with van der Waals surface area (Å²) in [5.74, 6) is -0.515. The van der Waals surface area contributed by atoms with Crippen LogP contribution in [0, 0.1) is 0 Å². The number of allylic oxidation sites excluding steroid dienone is 1. The number of hydrogen-bond acceptors (Lipinski definition) is 10. The van der Waals surface area contributed by atoms with Crippen LogP contribution in [0.1, 0.15) is 10.5 Å². The molecule has 1 heterocycles. The van der Waals surface area contributed by atoms with Gasteiger partial charge in [-0.05, 0) is 37.5 Å². The molecule has 0 aliphatic rings. The highest BCUT2D eigenvalue weighted by Crippen LogP contribution is 2.43. The first-order valence-electron chi connectivity index (χ1n) is 11.4. The van der Waals surface area contributed by atoms with Gasteiger partial charge in [0, 0.05) is 25.7 Å². The lowest BCUT2D eigenvalue weighted by Gasteiger charge is -2.21. The van der Waals surface area contributed by atoms with Gasteiger partial charge in [0.1, 0.15) is 17.2 Å². The summed E-state index contributed by atoms with van der Waals surface area (Å²) in [6.07, 6.45) is 2.38. The van der Waals surface area contributed by atoms with Gasteiger partial charge in [-0.25, -0.2) is 0 Å². The Morgan fingerprint density at radius 2 is 1.97 bits per heavy atom. The summed E-state index contributed by atoms with van der Waals surface area (Å²) in [4.78, 5) is 22.9. The van der Waals surface area contributed by atoms with E-state index in [4.69, 9.17) is 20.9 Å². The smallest absolute Gasteiger partial charge is 0.276 e. The summed E-state index contributed by atoms with van der Waals surface area (Å²) < 4.78 is 10.8. The van der Waals surface area contributed by atoms with Gasteiger partial charge in [0.2, 0.25) is 0 Å². The number of ether oxygens (including phenoxy) is 1. The first kappa shape index (κ1) is 28.2. The van der Waals surface area contributed by atoms with Crippen molar-refractivity contribution in [3.05, 3.63) is 59.1 Å². The molecule has 11 nitrogen and oxygen atoms in total. The summed E-state index contributed by atoms with van der Waals surface area (Å²) >= 11 is 6.10. The van der Waals surface area contributed by atoms with Gasteiger partial charge in [0.15, 0.2) is 17.2 Å². The molecule has 0 spiro atoms. The van der Waals surface area contributed by atoms with Crippen molar-refractivity contribution >= 4 is 30.4 Å². The molecular formula is C26H28ClN5O6. The molecule has 38 heavy (non-hydrogen) atoms. The molecule has 0 radical (unpaired) electrons. The maximum atomic E-state index is 13.7. The maximum Gasteiger partial charge on any atom is 0.276 e. The van der Waals surface area contributed by atoms with Crippen molar-refractivity contribution in [3.63, 3.8) is 0 Å². The molecule has 3 aromatic rings. The number of carbonyl (C=O) groups excluding carboxylic acids is 1. The van der Waals surface area contributed by atoms with E-state index < -0.39 is 5.91 Å². The van der Waals surface area contributed by atoms with E-state index in [1.54, 1.807) is 36.2 Å². The fourth-order valence-corrected chi connectivity index (χ4v) is 3.72. The highest BCUT2D eigenvalue weighted by Gasteiger charge is 2.29. The third-order valence-corrected chi connectivity index (χ3v) is 5.75. The molecule has 0 unspecified atom stereocenters. The Bertz CT molecular complexity index is 1340. The molecular weight excluding hydrogens is 514 g/mol. The second-order valence-corrected chi connectivity index (χ2v) is 8.36. The highest BCUT2D eigenvalue weighted by molar-refractivity contribution is 6.32. The van der Waals surface area contributed by atoms with Crippen LogP contribution in [0.5, 0.6) is 17.2 Å². The zero-order valence-corrected chi connectivity index (χ0v) is 21.6. The zero-order valence-electron chi connectivity index (χ0n) is 20.9. The van der Waals surface area contributed by atoms with Crippen LogP contribution < -0.4 is 10.1 Å². The average molecular weight is 542 g/mol. The zero-order chi connectivity index (χ0) is 27.7. The van der Waals surface area contributed by atoms with Crippen molar-refractivity contribution in [1.29, 1.82) is 0 Å². The van der Waals surface area contributed by atoms with Gasteiger partial charge in [-0.15, -0.1) is 0 Å². The number of phenolic OH excluding ortho intramolecular Hbond substituents is 2. The number of aromatic nitrogens is 1.